The molecule has 2 N–H and O–H groups in total. The Morgan fingerprint density at radius 1 is 1.25 bits per heavy atom. The van der Waals surface area contributed by atoms with Gasteiger partial charge in [-0.15, -0.1) is 0 Å². The molecule has 1 heterocycles. The van der Waals surface area contributed by atoms with Crippen LogP contribution in [-0.4, -0.2) is 31.1 Å². The van der Waals surface area contributed by atoms with Gasteiger partial charge in [0.1, 0.15) is 5.75 Å². The lowest BCUT2D eigenvalue weighted by Crippen LogP contribution is -2.32. The Morgan fingerprint density at radius 3 is 2.40 bits per heavy atom. The zero-order chi connectivity index (χ0) is 14.7. The number of ether oxygens (including phenoxy) is 1. The smallest absolute Gasteiger partial charge is 0.387 e. The molecule has 1 aliphatic heterocycles. The van der Waals surface area contributed by atoms with E-state index in [9.17, 15) is 8.78 Å². The summed E-state index contributed by atoms with van der Waals surface area (Å²) in [7, 11) is 0. The largest absolute Gasteiger partial charge is 0.434 e. The molecule has 0 radical (unpaired) electrons. The van der Waals surface area contributed by atoms with Gasteiger partial charge in [-0.1, -0.05) is 32.0 Å². The third-order valence-electron chi connectivity index (χ3n) is 4.17. The molecule has 1 aromatic carbocycles. The van der Waals surface area contributed by atoms with Gasteiger partial charge in [0.05, 0.1) is 6.04 Å². The molecule has 1 aliphatic rings. The highest BCUT2D eigenvalue weighted by Crippen LogP contribution is 2.34. The van der Waals surface area contributed by atoms with Gasteiger partial charge in [-0.05, 0) is 17.9 Å². The number of nitrogens with two attached hydrogens (primary N) is 1. The van der Waals surface area contributed by atoms with Gasteiger partial charge < -0.3 is 10.5 Å². The highest BCUT2D eigenvalue weighted by Gasteiger charge is 2.32. The number of para-hydroxylation sites is 1. The Bertz CT molecular complexity index is 432. The van der Waals surface area contributed by atoms with E-state index in [-0.39, 0.29) is 11.8 Å². The molecule has 0 aliphatic carbocycles. The van der Waals surface area contributed by atoms with E-state index in [1.54, 1.807) is 12.1 Å². The number of nitrogens with zero attached hydrogens (tertiary/aromatic N) is 1. The molecule has 0 bridgehead atoms. The molecule has 5 heteroatoms. The van der Waals surface area contributed by atoms with Crippen LogP contribution < -0.4 is 10.5 Å². The van der Waals surface area contributed by atoms with Gasteiger partial charge in [0.25, 0.3) is 0 Å². The van der Waals surface area contributed by atoms with Crippen LogP contribution in [0.15, 0.2) is 24.3 Å². The van der Waals surface area contributed by atoms with Crippen molar-refractivity contribution >= 4 is 0 Å². The molecular weight excluding hydrogens is 262 g/mol. The minimum Gasteiger partial charge on any atom is -0.434 e. The van der Waals surface area contributed by atoms with Crippen molar-refractivity contribution < 1.29 is 13.5 Å². The van der Waals surface area contributed by atoms with Crippen molar-refractivity contribution in [2.75, 3.05) is 19.6 Å². The van der Waals surface area contributed by atoms with Gasteiger partial charge in [-0.3, -0.25) is 4.90 Å². The first-order valence-electron chi connectivity index (χ1n) is 7.00. The molecule has 3 atom stereocenters. The van der Waals surface area contributed by atoms with Gasteiger partial charge in [-0.25, -0.2) is 0 Å². The Morgan fingerprint density at radius 2 is 1.85 bits per heavy atom. The Kier molecular flexibility index (Phi) is 4.94. The van der Waals surface area contributed by atoms with E-state index >= 15 is 0 Å². The minimum atomic E-state index is -2.81. The fraction of sp³-hybridized carbons (Fsp3) is 0.600. The van der Waals surface area contributed by atoms with E-state index in [0.29, 0.717) is 18.4 Å². The quantitative estimate of drug-likeness (QED) is 0.903. The average molecular weight is 284 g/mol. The summed E-state index contributed by atoms with van der Waals surface area (Å²) in [6, 6.07) is 6.86. The molecule has 1 aromatic rings. The summed E-state index contributed by atoms with van der Waals surface area (Å²) in [4.78, 5) is 2.27. The monoisotopic (exact) mass is 284 g/mol. The number of hydrogen-bond acceptors (Lipinski definition) is 3. The predicted octanol–water partition coefficient (Wildman–Crippen LogP) is 2.88. The molecule has 0 saturated carbocycles. The molecule has 3 nitrogen and oxygen atoms in total. The van der Waals surface area contributed by atoms with Crippen molar-refractivity contribution in [3.8, 4) is 5.75 Å². The van der Waals surface area contributed by atoms with Crippen molar-refractivity contribution in [2.24, 2.45) is 17.6 Å². The second-order valence-corrected chi connectivity index (χ2v) is 5.58. The van der Waals surface area contributed by atoms with E-state index in [2.05, 4.69) is 23.5 Å². The van der Waals surface area contributed by atoms with Crippen molar-refractivity contribution in [3.63, 3.8) is 0 Å². The van der Waals surface area contributed by atoms with E-state index in [1.165, 1.54) is 0 Å². The normalized spacial score (nSPS) is 25.1. The Labute approximate surface area is 118 Å². The molecule has 1 saturated heterocycles. The molecule has 0 spiro atoms. The van der Waals surface area contributed by atoms with Gasteiger partial charge in [0.15, 0.2) is 0 Å². The first-order chi connectivity index (χ1) is 9.52. The average Bonchev–Trinajstić information content (AvgIpc) is 2.72. The van der Waals surface area contributed by atoms with Crippen molar-refractivity contribution in [1.82, 2.24) is 4.90 Å². The number of rotatable bonds is 5. The molecule has 3 unspecified atom stereocenters. The maximum absolute atomic E-state index is 12.5. The summed E-state index contributed by atoms with van der Waals surface area (Å²) < 4.78 is 29.6. The maximum atomic E-state index is 12.5. The topological polar surface area (TPSA) is 38.5 Å². The molecule has 0 aromatic heterocycles. The summed E-state index contributed by atoms with van der Waals surface area (Å²) in [6.07, 6.45) is 0. The van der Waals surface area contributed by atoms with Crippen molar-refractivity contribution in [1.29, 1.82) is 0 Å². The lowest BCUT2D eigenvalue weighted by atomic mass is 10.0. The van der Waals surface area contributed by atoms with Crippen LogP contribution in [0, 0.1) is 11.8 Å². The van der Waals surface area contributed by atoms with E-state index in [4.69, 9.17) is 5.73 Å². The van der Waals surface area contributed by atoms with Crippen LogP contribution in [0.25, 0.3) is 0 Å². The second kappa shape index (κ2) is 6.50. The van der Waals surface area contributed by atoms with Crippen LogP contribution in [0.4, 0.5) is 8.78 Å². The highest BCUT2D eigenvalue weighted by molar-refractivity contribution is 5.36. The van der Waals surface area contributed by atoms with Crippen LogP contribution in [0.1, 0.15) is 25.5 Å². The van der Waals surface area contributed by atoms with E-state index < -0.39 is 6.61 Å². The Hall–Kier alpha value is -1.20. The molecule has 1 fully saturated rings. The van der Waals surface area contributed by atoms with Crippen molar-refractivity contribution in [3.05, 3.63) is 29.8 Å². The minimum absolute atomic E-state index is 0.0719. The number of hydrogen-bond donors (Lipinski definition) is 1. The third kappa shape index (κ3) is 3.27. The van der Waals surface area contributed by atoms with Gasteiger partial charge >= 0.3 is 6.61 Å². The molecule has 20 heavy (non-hydrogen) atoms. The molecule has 2 rings (SSSR count). The van der Waals surface area contributed by atoms with Crippen LogP contribution in [0.5, 0.6) is 5.75 Å². The fourth-order valence-corrected chi connectivity index (χ4v) is 2.86. The van der Waals surface area contributed by atoms with Gasteiger partial charge in [0, 0.05) is 25.2 Å². The van der Waals surface area contributed by atoms with Crippen LogP contribution in [0.3, 0.4) is 0 Å². The standard InChI is InChI=1S/C15H22F2N2O/c1-10-8-19(9-11(10)2)13(7-18)12-5-3-4-6-14(12)20-15(16)17/h3-6,10-11,13,15H,7-9,18H2,1-2H3. The zero-order valence-corrected chi connectivity index (χ0v) is 11.9. The molecular formula is C15H22F2N2O. The first kappa shape index (κ1) is 15.2. The van der Waals surface area contributed by atoms with E-state index in [0.717, 1.165) is 18.7 Å². The summed E-state index contributed by atoms with van der Waals surface area (Å²) in [6.45, 7) is 3.87. The SMILES string of the molecule is CC1CN(C(CN)c2ccccc2OC(F)F)CC1C. The predicted molar refractivity (Wildman–Crippen MR) is 74.8 cm³/mol. The number of alkyl halides is 2. The summed E-state index contributed by atoms with van der Waals surface area (Å²) in [5, 5.41) is 0. The lowest BCUT2D eigenvalue weighted by Gasteiger charge is -2.28. The van der Waals surface area contributed by atoms with Crippen molar-refractivity contribution in [2.45, 2.75) is 26.5 Å². The fourth-order valence-electron chi connectivity index (χ4n) is 2.86. The Balaban J connectivity index is 2.23. The number of halogens is 2. The molecule has 112 valence electrons. The van der Waals surface area contributed by atoms with Gasteiger partial charge in [0.2, 0.25) is 0 Å². The summed E-state index contributed by atoms with van der Waals surface area (Å²) in [5.74, 6) is 1.41. The van der Waals surface area contributed by atoms with Crippen LogP contribution >= 0.6 is 0 Å². The first-order valence-corrected chi connectivity index (χ1v) is 7.00. The van der Waals surface area contributed by atoms with Crippen LogP contribution in [-0.2, 0) is 0 Å². The third-order valence-corrected chi connectivity index (χ3v) is 4.17. The van der Waals surface area contributed by atoms with E-state index in [1.807, 2.05) is 12.1 Å². The zero-order valence-electron chi connectivity index (χ0n) is 11.9. The number of likely N-dealkylation sites (tertiary alicyclic amines) is 1. The number of benzene rings is 1. The second-order valence-electron chi connectivity index (χ2n) is 5.58. The summed E-state index contributed by atoms with van der Waals surface area (Å²) in [5.41, 5.74) is 6.64. The van der Waals surface area contributed by atoms with Gasteiger partial charge in [-0.2, -0.15) is 8.78 Å². The summed E-state index contributed by atoms with van der Waals surface area (Å²) >= 11 is 0. The van der Waals surface area contributed by atoms with Crippen LogP contribution in [0.2, 0.25) is 0 Å². The maximum Gasteiger partial charge on any atom is 0.387 e. The molecule has 0 amide bonds. The highest BCUT2D eigenvalue weighted by atomic mass is 19.3. The lowest BCUT2D eigenvalue weighted by molar-refractivity contribution is -0.0511.